The molecule has 0 saturated carbocycles. The number of aryl methyl sites for hydroxylation is 1. The zero-order valence-corrected chi connectivity index (χ0v) is 16.9. The number of nitrogens with zero attached hydrogens (tertiary/aromatic N) is 5. The lowest BCUT2D eigenvalue weighted by molar-refractivity contribution is 0.0982. The van der Waals surface area contributed by atoms with Crippen LogP contribution in [0, 0.1) is 0 Å². The predicted molar refractivity (Wildman–Crippen MR) is 117 cm³/mol. The van der Waals surface area contributed by atoms with Gasteiger partial charge in [-0.25, -0.2) is 15.0 Å². The number of nitrogen functional groups attached to an aromatic ring is 1. The molecule has 1 aromatic carbocycles. The quantitative estimate of drug-likeness (QED) is 0.419. The largest absolute Gasteiger partial charge is 0.383 e. The van der Waals surface area contributed by atoms with Gasteiger partial charge < -0.3 is 11.1 Å². The Morgan fingerprint density at radius 2 is 2.10 bits per heavy atom. The predicted octanol–water partition coefficient (Wildman–Crippen LogP) is 3.38. The molecule has 0 aliphatic rings. The Morgan fingerprint density at radius 3 is 2.90 bits per heavy atom. The fourth-order valence-corrected chi connectivity index (χ4v) is 3.40. The van der Waals surface area contributed by atoms with Crippen LogP contribution in [-0.4, -0.2) is 37.1 Å². The molecule has 0 aliphatic heterocycles. The van der Waals surface area contributed by atoms with E-state index in [0.29, 0.717) is 48.2 Å². The van der Waals surface area contributed by atoms with E-state index in [2.05, 4.69) is 25.4 Å². The number of nitrogens with two attached hydrogens (primary N) is 1. The zero-order chi connectivity index (χ0) is 20.9. The highest BCUT2D eigenvalue weighted by atomic mass is 35.5. The molecule has 0 aliphatic carbocycles. The van der Waals surface area contributed by atoms with Crippen LogP contribution < -0.4 is 11.1 Å². The van der Waals surface area contributed by atoms with E-state index in [1.807, 2.05) is 24.3 Å². The first-order valence-corrected chi connectivity index (χ1v) is 9.86. The first-order valence-electron chi connectivity index (χ1n) is 9.48. The Balaban J connectivity index is 1.35. The number of aromatic nitrogens is 5. The van der Waals surface area contributed by atoms with E-state index in [9.17, 15) is 4.79 Å². The molecule has 0 fully saturated rings. The van der Waals surface area contributed by atoms with Crippen molar-refractivity contribution in [2.75, 3.05) is 17.6 Å². The standard InChI is InChI=1S/C21H20ClN7O/c22-18-10-16(11-27-21(18)26-7-8-29-13-24-12-28-29)19(30)4-2-14-1-3-17-15(9-14)5-6-25-20(17)23/h1,3,5-6,9-13H,2,4,7-8H2,(H2,23,25)(H,26,27). The van der Waals surface area contributed by atoms with E-state index in [0.717, 1.165) is 16.3 Å². The van der Waals surface area contributed by atoms with Crippen LogP contribution >= 0.6 is 11.6 Å². The summed E-state index contributed by atoms with van der Waals surface area (Å²) in [4.78, 5) is 24.9. The Kier molecular flexibility index (Phi) is 5.85. The maximum absolute atomic E-state index is 12.6. The van der Waals surface area contributed by atoms with E-state index in [4.69, 9.17) is 17.3 Å². The maximum Gasteiger partial charge on any atom is 0.164 e. The lowest BCUT2D eigenvalue weighted by Gasteiger charge is -2.09. The third-order valence-electron chi connectivity index (χ3n) is 4.76. The molecule has 0 spiro atoms. The third-order valence-corrected chi connectivity index (χ3v) is 5.05. The number of hydrogen-bond donors (Lipinski definition) is 2. The number of nitrogens with one attached hydrogen (secondary N) is 1. The summed E-state index contributed by atoms with van der Waals surface area (Å²) < 4.78 is 1.70. The molecule has 3 N–H and O–H groups in total. The van der Waals surface area contributed by atoms with Gasteiger partial charge in [0.25, 0.3) is 0 Å². The van der Waals surface area contributed by atoms with Crippen LogP contribution in [0.3, 0.4) is 0 Å². The summed E-state index contributed by atoms with van der Waals surface area (Å²) in [7, 11) is 0. The van der Waals surface area contributed by atoms with Gasteiger partial charge in [0.1, 0.15) is 24.3 Å². The Hall–Kier alpha value is -3.52. The summed E-state index contributed by atoms with van der Waals surface area (Å²) in [6.45, 7) is 1.22. The van der Waals surface area contributed by atoms with Crippen LogP contribution in [0.1, 0.15) is 22.3 Å². The third kappa shape index (κ3) is 4.55. The van der Waals surface area contributed by atoms with Gasteiger partial charge in [0.05, 0.1) is 11.6 Å². The SMILES string of the molecule is Nc1nccc2cc(CCC(=O)c3cnc(NCCn4cncn4)c(Cl)c3)ccc12. The summed E-state index contributed by atoms with van der Waals surface area (Å²) >= 11 is 6.30. The van der Waals surface area contributed by atoms with E-state index >= 15 is 0 Å². The summed E-state index contributed by atoms with van der Waals surface area (Å²) in [5.41, 5.74) is 7.45. The molecule has 0 bridgehead atoms. The smallest absolute Gasteiger partial charge is 0.164 e. The highest BCUT2D eigenvalue weighted by molar-refractivity contribution is 6.33. The second-order valence-corrected chi connectivity index (χ2v) is 7.22. The van der Waals surface area contributed by atoms with Crippen LogP contribution in [0.4, 0.5) is 11.6 Å². The summed E-state index contributed by atoms with van der Waals surface area (Å²) in [6, 6.07) is 9.52. The number of rotatable bonds is 8. The molecule has 30 heavy (non-hydrogen) atoms. The van der Waals surface area contributed by atoms with Crippen LogP contribution in [0.2, 0.25) is 5.02 Å². The molecule has 4 rings (SSSR count). The van der Waals surface area contributed by atoms with Crippen LogP contribution in [0.25, 0.3) is 10.8 Å². The number of carbonyl (C=O) groups is 1. The Morgan fingerprint density at radius 1 is 1.20 bits per heavy atom. The number of halogens is 1. The Bertz CT molecular complexity index is 1180. The zero-order valence-electron chi connectivity index (χ0n) is 16.1. The number of fused-ring (bicyclic) bond motifs is 1. The van der Waals surface area contributed by atoms with Gasteiger partial charge in [-0.1, -0.05) is 29.8 Å². The molecule has 4 aromatic rings. The molecular weight excluding hydrogens is 402 g/mol. The van der Waals surface area contributed by atoms with Crippen molar-refractivity contribution in [2.45, 2.75) is 19.4 Å². The monoisotopic (exact) mass is 421 g/mol. The first kappa shape index (κ1) is 19.8. The lowest BCUT2D eigenvalue weighted by atomic mass is 10.0. The van der Waals surface area contributed by atoms with Crippen molar-refractivity contribution < 1.29 is 4.79 Å². The minimum Gasteiger partial charge on any atom is -0.383 e. The Labute approximate surface area is 178 Å². The highest BCUT2D eigenvalue weighted by Crippen LogP contribution is 2.23. The summed E-state index contributed by atoms with van der Waals surface area (Å²) in [6.07, 6.45) is 7.34. The number of carbonyl (C=O) groups excluding carboxylic acids is 1. The van der Waals surface area contributed by atoms with Crippen molar-refractivity contribution in [3.05, 3.63) is 71.5 Å². The molecule has 0 radical (unpaired) electrons. The maximum atomic E-state index is 12.6. The van der Waals surface area contributed by atoms with Gasteiger partial charge in [-0.05, 0) is 29.5 Å². The molecule has 9 heteroatoms. The minimum absolute atomic E-state index is 0.00657. The van der Waals surface area contributed by atoms with Crippen LogP contribution in [0.15, 0.2) is 55.4 Å². The van der Waals surface area contributed by atoms with Gasteiger partial charge in [0.2, 0.25) is 0 Å². The molecule has 152 valence electrons. The van der Waals surface area contributed by atoms with E-state index in [1.165, 1.54) is 6.33 Å². The summed E-state index contributed by atoms with van der Waals surface area (Å²) in [5.74, 6) is 1.03. The number of hydrogen-bond acceptors (Lipinski definition) is 7. The van der Waals surface area contributed by atoms with E-state index < -0.39 is 0 Å². The van der Waals surface area contributed by atoms with Crippen LogP contribution in [-0.2, 0) is 13.0 Å². The van der Waals surface area contributed by atoms with Crippen LogP contribution in [0.5, 0.6) is 0 Å². The van der Waals surface area contributed by atoms with Crippen molar-refractivity contribution >= 4 is 39.8 Å². The number of Topliss-reactive ketones (excluding diaryl/α,β-unsaturated/α-hetero) is 1. The van der Waals surface area contributed by atoms with Crippen molar-refractivity contribution in [3.8, 4) is 0 Å². The number of benzene rings is 1. The molecular formula is C21H20ClN7O. The van der Waals surface area contributed by atoms with Gasteiger partial charge >= 0.3 is 0 Å². The van der Waals surface area contributed by atoms with Crippen molar-refractivity contribution in [1.29, 1.82) is 0 Å². The average Bonchev–Trinajstić information content (AvgIpc) is 3.27. The molecule has 0 atom stereocenters. The second-order valence-electron chi connectivity index (χ2n) is 6.81. The summed E-state index contributed by atoms with van der Waals surface area (Å²) in [5, 5.41) is 9.51. The van der Waals surface area contributed by atoms with Gasteiger partial charge in [0, 0.05) is 36.3 Å². The lowest BCUT2D eigenvalue weighted by Crippen LogP contribution is -2.12. The molecule has 0 amide bonds. The van der Waals surface area contributed by atoms with Crippen molar-refractivity contribution in [3.63, 3.8) is 0 Å². The number of pyridine rings is 2. The van der Waals surface area contributed by atoms with E-state index in [-0.39, 0.29) is 5.78 Å². The van der Waals surface area contributed by atoms with Gasteiger partial charge in [-0.15, -0.1) is 0 Å². The molecule has 0 saturated heterocycles. The second kappa shape index (κ2) is 8.87. The minimum atomic E-state index is -0.00657. The van der Waals surface area contributed by atoms with E-state index in [1.54, 1.807) is 29.5 Å². The highest BCUT2D eigenvalue weighted by Gasteiger charge is 2.11. The molecule has 0 unspecified atom stereocenters. The van der Waals surface area contributed by atoms with Gasteiger partial charge in [-0.3, -0.25) is 9.48 Å². The molecule has 8 nitrogen and oxygen atoms in total. The average molecular weight is 422 g/mol. The first-order chi connectivity index (χ1) is 14.6. The molecule has 3 heterocycles. The normalized spacial score (nSPS) is 11.0. The van der Waals surface area contributed by atoms with Gasteiger partial charge in [-0.2, -0.15) is 5.10 Å². The van der Waals surface area contributed by atoms with Crippen molar-refractivity contribution in [2.24, 2.45) is 0 Å². The topological polar surface area (TPSA) is 112 Å². The van der Waals surface area contributed by atoms with Gasteiger partial charge in [0.15, 0.2) is 5.78 Å². The van der Waals surface area contributed by atoms with Crippen molar-refractivity contribution in [1.82, 2.24) is 24.7 Å². The number of anilines is 2. The molecule has 3 aromatic heterocycles. The fraction of sp³-hybridized carbons (Fsp3) is 0.190. The number of ketones is 1. The fourth-order valence-electron chi connectivity index (χ4n) is 3.17.